The molecule has 2 rings (SSSR count). The van der Waals surface area contributed by atoms with Crippen molar-refractivity contribution in [2.75, 3.05) is 13.2 Å². The third-order valence-electron chi connectivity index (χ3n) is 3.82. The fourth-order valence-corrected chi connectivity index (χ4v) is 2.68. The van der Waals surface area contributed by atoms with E-state index in [1.54, 1.807) is 0 Å². The molecule has 1 heterocycles. The van der Waals surface area contributed by atoms with Gasteiger partial charge in [-0.1, -0.05) is 25.1 Å². The Morgan fingerprint density at radius 1 is 1.33 bits per heavy atom. The zero-order valence-electron chi connectivity index (χ0n) is 12.2. The predicted molar refractivity (Wildman–Crippen MR) is 78.1 cm³/mol. The molecule has 1 fully saturated rings. The maximum absolute atomic E-state index is 12.1. The second-order valence-corrected chi connectivity index (χ2v) is 5.40. The van der Waals surface area contributed by atoms with Gasteiger partial charge in [0.15, 0.2) is 0 Å². The molecule has 0 bridgehead atoms. The van der Waals surface area contributed by atoms with Gasteiger partial charge in [-0.05, 0) is 30.9 Å². The van der Waals surface area contributed by atoms with Gasteiger partial charge in [0.25, 0.3) is 0 Å². The second kappa shape index (κ2) is 7.11. The number of hydrogen-bond donors (Lipinski definition) is 1. The zero-order chi connectivity index (χ0) is 15.2. The first-order chi connectivity index (χ1) is 10.1. The molecule has 21 heavy (non-hydrogen) atoms. The van der Waals surface area contributed by atoms with Crippen LogP contribution in [0.4, 0.5) is 0 Å². The van der Waals surface area contributed by atoms with E-state index in [2.05, 4.69) is 0 Å². The van der Waals surface area contributed by atoms with Crippen LogP contribution in [-0.2, 0) is 9.59 Å². The molecule has 114 valence electrons. The topological polar surface area (TPSA) is 66.8 Å². The van der Waals surface area contributed by atoms with Crippen molar-refractivity contribution in [1.82, 2.24) is 4.90 Å². The highest BCUT2D eigenvalue weighted by atomic mass is 16.5. The largest absolute Gasteiger partial charge is 0.494 e. The fraction of sp³-hybridized carbons (Fsp3) is 0.500. The summed E-state index contributed by atoms with van der Waals surface area (Å²) >= 11 is 0. The summed E-state index contributed by atoms with van der Waals surface area (Å²) in [6.45, 7) is 2.87. The summed E-state index contributed by atoms with van der Waals surface area (Å²) in [6, 6.07) is 8.76. The molecular formula is C16H21NO4. The minimum Gasteiger partial charge on any atom is -0.494 e. The molecule has 5 heteroatoms. The molecule has 1 saturated heterocycles. The molecule has 1 amide bonds. The van der Waals surface area contributed by atoms with Crippen LogP contribution in [0.3, 0.4) is 0 Å². The van der Waals surface area contributed by atoms with Gasteiger partial charge in [0.05, 0.1) is 6.61 Å². The van der Waals surface area contributed by atoms with E-state index in [4.69, 9.17) is 4.74 Å². The highest BCUT2D eigenvalue weighted by Crippen LogP contribution is 2.25. The first kappa shape index (κ1) is 15.4. The van der Waals surface area contributed by atoms with Crippen molar-refractivity contribution in [1.29, 1.82) is 0 Å². The summed E-state index contributed by atoms with van der Waals surface area (Å²) in [7, 11) is 0. The van der Waals surface area contributed by atoms with E-state index in [-0.39, 0.29) is 11.8 Å². The number of carboxylic acids is 1. The molecule has 1 aromatic carbocycles. The normalized spacial score (nSPS) is 21.3. The van der Waals surface area contributed by atoms with Gasteiger partial charge in [0, 0.05) is 13.0 Å². The van der Waals surface area contributed by atoms with Gasteiger partial charge in [0.2, 0.25) is 5.91 Å². The van der Waals surface area contributed by atoms with Crippen molar-refractivity contribution in [3.8, 4) is 5.75 Å². The molecule has 1 aromatic rings. The van der Waals surface area contributed by atoms with Crippen LogP contribution in [0, 0.1) is 5.92 Å². The summed E-state index contributed by atoms with van der Waals surface area (Å²) in [4.78, 5) is 24.8. The average molecular weight is 291 g/mol. The van der Waals surface area contributed by atoms with Crippen molar-refractivity contribution in [3.05, 3.63) is 30.3 Å². The van der Waals surface area contributed by atoms with Crippen molar-refractivity contribution in [2.45, 2.75) is 32.2 Å². The van der Waals surface area contributed by atoms with Crippen LogP contribution in [0.2, 0.25) is 0 Å². The lowest BCUT2D eigenvalue weighted by atomic mass is 10.0. The van der Waals surface area contributed by atoms with Gasteiger partial charge < -0.3 is 14.7 Å². The van der Waals surface area contributed by atoms with Crippen molar-refractivity contribution >= 4 is 11.9 Å². The summed E-state index contributed by atoms with van der Waals surface area (Å²) in [6.07, 6.45) is 1.66. The first-order valence-electron chi connectivity index (χ1n) is 7.29. The lowest BCUT2D eigenvalue weighted by Crippen LogP contribution is -2.42. The van der Waals surface area contributed by atoms with Gasteiger partial charge in [-0.15, -0.1) is 0 Å². The van der Waals surface area contributed by atoms with Crippen LogP contribution >= 0.6 is 0 Å². The molecule has 2 unspecified atom stereocenters. The molecular weight excluding hydrogens is 270 g/mol. The summed E-state index contributed by atoms with van der Waals surface area (Å²) in [5.74, 6) is -0.201. The van der Waals surface area contributed by atoms with Crippen LogP contribution in [-0.4, -0.2) is 41.1 Å². The van der Waals surface area contributed by atoms with Crippen LogP contribution in [0.25, 0.3) is 0 Å². The van der Waals surface area contributed by atoms with Gasteiger partial charge >= 0.3 is 5.97 Å². The summed E-state index contributed by atoms with van der Waals surface area (Å²) in [5, 5.41) is 9.20. The molecule has 0 spiro atoms. The molecule has 1 aliphatic heterocycles. The SMILES string of the molecule is CC1CCN(C(=O)CCCOc2ccccc2)C1C(=O)O. The molecule has 1 N–H and O–H groups in total. The number of carboxylic acid groups (broad SMARTS) is 1. The Kier molecular flexibility index (Phi) is 5.20. The maximum Gasteiger partial charge on any atom is 0.326 e. The number of amides is 1. The van der Waals surface area contributed by atoms with E-state index in [0.29, 0.717) is 26.0 Å². The number of ether oxygens (including phenoxy) is 1. The predicted octanol–water partition coefficient (Wildman–Crippen LogP) is 2.17. The Morgan fingerprint density at radius 3 is 2.71 bits per heavy atom. The maximum atomic E-state index is 12.1. The number of nitrogens with zero attached hydrogens (tertiary/aromatic N) is 1. The zero-order valence-corrected chi connectivity index (χ0v) is 12.2. The molecule has 0 aromatic heterocycles. The van der Waals surface area contributed by atoms with E-state index in [1.165, 1.54) is 4.90 Å². The Balaban J connectivity index is 1.76. The van der Waals surface area contributed by atoms with E-state index in [0.717, 1.165) is 12.2 Å². The Labute approximate surface area is 124 Å². The van der Waals surface area contributed by atoms with Crippen LogP contribution in [0.15, 0.2) is 30.3 Å². The van der Waals surface area contributed by atoms with Gasteiger partial charge in [-0.3, -0.25) is 4.79 Å². The Morgan fingerprint density at radius 2 is 2.05 bits per heavy atom. The first-order valence-corrected chi connectivity index (χ1v) is 7.29. The average Bonchev–Trinajstić information content (AvgIpc) is 2.86. The van der Waals surface area contributed by atoms with E-state index in [1.807, 2.05) is 37.3 Å². The third kappa shape index (κ3) is 3.97. The van der Waals surface area contributed by atoms with Crippen LogP contribution < -0.4 is 4.74 Å². The lowest BCUT2D eigenvalue weighted by Gasteiger charge is -2.23. The van der Waals surface area contributed by atoms with Gasteiger partial charge in [0.1, 0.15) is 11.8 Å². The molecule has 1 aliphatic rings. The summed E-state index contributed by atoms with van der Waals surface area (Å²) in [5.41, 5.74) is 0. The Hall–Kier alpha value is -2.04. The molecule has 0 saturated carbocycles. The Bertz CT molecular complexity index is 488. The highest BCUT2D eigenvalue weighted by molar-refractivity contribution is 5.84. The number of carbonyl (C=O) groups excluding carboxylic acids is 1. The van der Waals surface area contributed by atoms with E-state index < -0.39 is 12.0 Å². The molecule has 0 radical (unpaired) electrons. The monoisotopic (exact) mass is 291 g/mol. The number of likely N-dealkylation sites (tertiary alicyclic amines) is 1. The van der Waals surface area contributed by atoms with E-state index >= 15 is 0 Å². The van der Waals surface area contributed by atoms with Crippen molar-refractivity contribution < 1.29 is 19.4 Å². The van der Waals surface area contributed by atoms with E-state index in [9.17, 15) is 14.7 Å². The van der Waals surface area contributed by atoms with Crippen LogP contribution in [0.1, 0.15) is 26.2 Å². The minimum atomic E-state index is -0.908. The van der Waals surface area contributed by atoms with Crippen molar-refractivity contribution in [3.63, 3.8) is 0 Å². The third-order valence-corrected chi connectivity index (χ3v) is 3.82. The quantitative estimate of drug-likeness (QED) is 0.816. The lowest BCUT2D eigenvalue weighted by molar-refractivity contribution is -0.149. The number of para-hydroxylation sites is 1. The highest BCUT2D eigenvalue weighted by Gasteiger charge is 2.38. The number of rotatable bonds is 6. The standard InChI is InChI=1S/C16H21NO4/c1-12-9-10-17(15(12)16(19)20)14(18)8-5-11-21-13-6-3-2-4-7-13/h2-4,6-7,12,15H,5,8-11H2,1H3,(H,19,20). The number of hydrogen-bond acceptors (Lipinski definition) is 3. The second-order valence-electron chi connectivity index (χ2n) is 5.40. The minimum absolute atomic E-state index is 0.0204. The van der Waals surface area contributed by atoms with Gasteiger partial charge in [-0.2, -0.15) is 0 Å². The number of aliphatic carboxylic acids is 1. The molecule has 0 aliphatic carbocycles. The number of carbonyl (C=O) groups is 2. The molecule has 2 atom stereocenters. The number of benzene rings is 1. The van der Waals surface area contributed by atoms with Gasteiger partial charge in [-0.25, -0.2) is 4.79 Å². The smallest absolute Gasteiger partial charge is 0.326 e. The van der Waals surface area contributed by atoms with Crippen molar-refractivity contribution in [2.24, 2.45) is 5.92 Å². The van der Waals surface area contributed by atoms with Crippen LogP contribution in [0.5, 0.6) is 5.75 Å². The fourth-order valence-electron chi connectivity index (χ4n) is 2.68. The summed E-state index contributed by atoms with van der Waals surface area (Å²) < 4.78 is 5.53. The molecule has 5 nitrogen and oxygen atoms in total.